The van der Waals surface area contributed by atoms with E-state index in [1.807, 2.05) is 30.3 Å². The van der Waals surface area contributed by atoms with Crippen molar-refractivity contribution in [3.63, 3.8) is 0 Å². The van der Waals surface area contributed by atoms with Gasteiger partial charge in [0, 0.05) is 0 Å². The van der Waals surface area contributed by atoms with Crippen LogP contribution in [0.5, 0.6) is 5.75 Å². The van der Waals surface area contributed by atoms with E-state index in [0.717, 1.165) is 23.3 Å². The summed E-state index contributed by atoms with van der Waals surface area (Å²) in [6.45, 7) is 0.530. The zero-order valence-electron chi connectivity index (χ0n) is 12.0. The molecular weight excluding hydrogens is 289 g/mol. The second-order valence-corrected chi connectivity index (χ2v) is 5.48. The van der Waals surface area contributed by atoms with E-state index in [1.165, 1.54) is 6.07 Å². The van der Waals surface area contributed by atoms with Crippen LogP contribution in [0.4, 0.5) is 4.39 Å². The van der Waals surface area contributed by atoms with E-state index in [2.05, 4.69) is 0 Å². The Morgan fingerprint density at radius 3 is 2.62 bits per heavy atom. The Bertz CT molecular complexity index is 603. The predicted molar refractivity (Wildman–Crippen MR) is 84.4 cm³/mol. The van der Waals surface area contributed by atoms with Gasteiger partial charge < -0.3 is 10.5 Å². The molecule has 21 heavy (non-hydrogen) atoms. The first-order valence-corrected chi connectivity index (χ1v) is 7.27. The van der Waals surface area contributed by atoms with E-state index in [9.17, 15) is 4.39 Å². The molecule has 0 fully saturated rings. The highest BCUT2D eigenvalue weighted by Crippen LogP contribution is 2.23. The van der Waals surface area contributed by atoms with Crippen LogP contribution in [-0.2, 0) is 12.8 Å². The zero-order valence-corrected chi connectivity index (χ0v) is 12.7. The number of hydrogen-bond donors (Lipinski definition) is 1. The molecule has 0 aromatic heterocycles. The van der Waals surface area contributed by atoms with E-state index in [0.29, 0.717) is 13.0 Å². The van der Waals surface area contributed by atoms with Crippen LogP contribution in [0.3, 0.4) is 0 Å². The maximum Gasteiger partial charge on any atom is 0.142 e. The maximum atomic E-state index is 13.5. The van der Waals surface area contributed by atoms with Gasteiger partial charge in [-0.3, -0.25) is 0 Å². The van der Waals surface area contributed by atoms with Gasteiger partial charge in [-0.05, 0) is 54.6 Å². The smallest absolute Gasteiger partial charge is 0.142 e. The van der Waals surface area contributed by atoms with Crippen molar-refractivity contribution >= 4 is 11.6 Å². The number of nitrogens with two attached hydrogens (primary N) is 1. The molecule has 1 atom stereocenters. The molecule has 0 aliphatic heterocycles. The number of halogens is 2. The van der Waals surface area contributed by atoms with Crippen LogP contribution in [-0.4, -0.2) is 13.7 Å². The summed E-state index contributed by atoms with van der Waals surface area (Å²) < 4.78 is 18.9. The molecule has 2 N–H and O–H groups in total. The first kappa shape index (κ1) is 15.8. The summed E-state index contributed by atoms with van der Waals surface area (Å²) in [5.74, 6) is 0.697. The van der Waals surface area contributed by atoms with Crippen LogP contribution in [0.15, 0.2) is 42.5 Å². The Hall–Kier alpha value is -1.58. The van der Waals surface area contributed by atoms with Gasteiger partial charge in [0.05, 0.1) is 12.1 Å². The molecule has 0 saturated carbocycles. The standard InChI is InChI=1S/C17H19ClFNO/c1-21-17-5-3-2-4-14(17)9-13(11-20)8-12-6-7-15(18)16(19)10-12/h2-7,10,13H,8-9,11,20H2,1H3. The van der Waals surface area contributed by atoms with E-state index in [4.69, 9.17) is 22.1 Å². The van der Waals surface area contributed by atoms with Crippen LogP contribution < -0.4 is 10.5 Å². The summed E-state index contributed by atoms with van der Waals surface area (Å²) in [4.78, 5) is 0. The largest absolute Gasteiger partial charge is 0.496 e. The topological polar surface area (TPSA) is 35.2 Å². The van der Waals surface area contributed by atoms with Crippen LogP contribution in [0.1, 0.15) is 11.1 Å². The Kier molecular flexibility index (Phi) is 5.59. The van der Waals surface area contributed by atoms with Crippen LogP contribution in [0.2, 0.25) is 5.02 Å². The molecule has 2 nitrogen and oxygen atoms in total. The fourth-order valence-corrected chi connectivity index (χ4v) is 2.54. The van der Waals surface area contributed by atoms with Crippen molar-refractivity contribution in [3.8, 4) is 5.75 Å². The third-order valence-corrected chi connectivity index (χ3v) is 3.85. The second kappa shape index (κ2) is 7.43. The first-order valence-electron chi connectivity index (χ1n) is 6.90. The van der Waals surface area contributed by atoms with Crippen molar-refractivity contribution in [2.45, 2.75) is 12.8 Å². The summed E-state index contributed by atoms with van der Waals surface area (Å²) in [6.07, 6.45) is 1.51. The molecule has 0 bridgehead atoms. The molecule has 4 heteroatoms. The highest BCUT2D eigenvalue weighted by atomic mass is 35.5. The summed E-state index contributed by atoms with van der Waals surface area (Å²) >= 11 is 5.70. The number of rotatable bonds is 6. The van der Waals surface area contributed by atoms with Gasteiger partial charge in [0.15, 0.2) is 0 Å². The minimum Gasteiger partial charge on any atom is -0.496 e. The molecule has 112 valence electrons. The van der Waals surface area contributed by atoms with Crippen molar-refractivity contribution in [1.82, 2.24) is 0 Å². The molecule has 2 aromatic carbocycles. The average molecular weight is 308 g/mol. The Balaban J connectivity index is 2.11. The Labute approximate surface area is 129 Å². The lowest BCUT2D eigenvalue weighted by atomic mass is 9.92. The predicted octanol–water partition coefficient (Wildman–Crippen LogP) is 3.85. The fraction of sp³-hybridized carbons (Fsp3) is 0.294. The van der Waals surface area contributed by atoms with Crippen molar-refractivity contribution in [1.29, 1.82) is 0 Å². The molecule has 0 amide bonds. The first-order chi connectivity index (χ1) is 10.1. The van der Waals surface area contributed by atoms with Crippen molar-refractivity contribution < 1.29 is 9.13 Å². The highest BCUT2D eigenvalue weighted by Gasteiger charge is 2.13. The van der Waals surface area contributed by atoms with Crippen molar-refractivity contribution in [2.24, 2.45) is 11.7 Å². The lowest BCUT2D eigenvalue weighted by molar-refractivity contribution is 0.404. The average Bonchev–Trinajstić information content (AvgIpc) is 2.50. The summed E-state index contributed by atoms with van der Waals surface area (Å²) in [6, 6.07) is 12.8. The molecular formula is C17H19ClFNO. The van der Waals surface area contributed by atoms with E-state index < -0.39 is 0 Å². The molecule has 1 unspecified atom stereocenters. The van der Waals surface area contributed by atoms with Gasteiger partial charge in [-0.15, -0.1) is 0 Å². The molecule has 2 aromatic rings. The Morgan fingerprint density at radius 1 is 1.19 bits per heavy atom. The van der Waals surface area contributed by atoms with Crippen molar-refractivity contribution in [2.75, 3.05) is 13.7 Å². The van der Waals surface area contributed by atoms with Gasteiger partial charge in [-0.25, -0.2) is 4.39 Å². The van der Waals surface area contributed by atoms with E-state index in [-0.39, 0.29) is 16.8 Å². The molecule has 0 radical (unpaired) electrons. The van der Waals surface area contributed by atoms with Crippen LogP contribution >= 0.6 is 11.6 Å². The van der Waals surface area contributed by atoms with Gasteiger partial charge in [-0.2, -0.15) is 0 Å². The molecule has 0 aliphatic rings. The summed E-state index contributed by atoms with van der Waals surface area (Å²) in [5, 5.41) is 0.146. The van der Waals surface area contributed by atoms with Crippen LogP contribution in [0, 0.1) is 11.7 Å². The van der Waals surface area contributed by atoms with Gasteiger partial charge in [0.2, 0.25) is 0 Å². The van der Waals surface area contributed by atoms with Gasteiger partial charge in [-0.1, -0.05) is 35.9 Å². The molecule has 0 aliphatic carbocycles. The minimum absolute atomic E-state index is 0.146. The quantitative estimate of drug-likeness (QED) is 0.880. The zero-order chi connectivity index (χ0) is 15.2. The number of ether oxygens (including phenoxy) is 1. The number of hydrogen-bond acceptors (Lipinski definition) is 2. The normalized spacial score (nSPS) is 12.2. The third-order valence-electron chi connectivity index (χ3n) is 3.54. The van der Waals surface area contributed by atoms with Gasteiger partial charge >= 0.3 is 0 Å². The maximum absolute atomic E-state index is 13.5. The minimum atomic E-state index is -0.387. The number of para-hydroxylation sites is 1. The van der Waals surface area contributed by atoms with Gasteiger partial charge in [0.1, 0.15) is 11.6 Å². The van der Waals surface area contributed by atoms with E-state index in [1.54, 1.807) is 13.2 Å². The monoisotopic (exact) mass is 307 g/mol. The Morgan fingerprint density at radius 2 is 1.95 bits per heavy atom. The molecule has 2 rings (SSSR count). The lowest BCUT2D eigenvalue weighted by Crippen LogP contribution is -2.19. The summed E-state index contributed by atoms with van der Waals surface area (Å²) in [5.41, 5.74) is 7.89. The molecule has 0 heterocycles. The molecule has 0 saturated heterocycles. The van der Waals surface area contributed by atoms with E-state index >= 15 is 0 Å². The third kappa shape index (κ3) is 4.19. The summed E-state index contributed by atoms with van der Waals surface area (Å²) in [7, 11) is 1.66. The van der Waals surface area contributed by atoms with Gasteiger partial charge in [0.25, 0.3) is 0 Å². The van der Waals surface area contributed by atoms with Crippen LogP contribution in [0.25, 0.3) is 0 Å². The lowest BCUT2D eigenvalue weighted by Gasteiger charge is -2.17. The van der Waals surface area contributed by atoms with Crippen molar-refractivity contribution in [3.05, 3.63) is 64.4 Å². The second-order valence-electron chi connectivity index (χ2n) is 5.07. The fourth-order valence-electron chi connectivity index (χ4n) is 2.42. The number of benzene rings is 2. The number of methoxy groups -OCH3 is 1. The highest BCUT2D eigenvalue weighted by molar-refractivity contribution is 6.30. The SMILES string of the molecule is COc1ccccc1CC(CN)Cc1ccc(Cl)c(F)c1. The molecule has 0 spiro atoms.